The largest absolute Gasteiger partial charge is 0.378 e. The van der Waals surface area contributed by atoms with Gasteiger partial charge in [-0.1, -0.05) is 28.1 Å². The molecule has 1 N–H and O–H groups in total. The van der Waals surface area contributed by atoms with Crippen LogP contribution in [0.4, 0.5) is 10.1 Å². The van der Waals surface area contributed by atoms with Crippen LogP contribution in [-0.4, -0.2) is 0 Å². The Bertz CT molecular complexity index is 624. The van der Waals surface area contributed by atoms with Crippen molar-refractivity contribution in [1.29, 1.82) is 0 Å². The molecule has 0 spiro atoms. The van der Waals surface area contributed by atoms with E-state index < -0.39 is 0 Å². The first kappa shape index (κ1) is 12.7. The molecule has 3 heteroatoms. The van der Waals surface area contributed by atoms with Crippen molar-refractivity contribution >= 4 is 21.6 Å². The Balaban J connectivity index is 1.88. The maximum Gasteiger partial charge on any atom is 0.125 e. The Morgan fingerprint density at radius 3 is 2.89 bits per heavy atom. The molecule has 1 atom stereocenters. The minimum atomic E-state index is -0.192. The van der Waals surface area contributed by atoms with Crippen LogP contribution in [0.5, 0.6) is 0 Å². The molecule has 0 saturated heterocycles. The summed E-state index contributed by atoms with van der Waals surface area (Å²) in [4.78, 5) is 0. The predicted molar refractivity (Wildman–Crippen MR) is 80.0 cm³/mol. The second-order valence-corrected chi connectivity index (χ2v) is 5.95. The van der Waals surface area contributed by atoms with Crippen molar-refractivity contribution in [1.82, 2.24) is 0 Å². The second kappa shape index (κ2) is 4.97. The van der Waals surface area contributed by atoms with Crippen LogP contribution >= 0.6 is 15.9 Å². The number of nitrogens with one attached hydrogen (secondary N) is 1. The van der Waals surface area contributed by atoms with Gasteiger partial charge in [0.25, 0.3) is 0 Å². The maximum absolute atomic E-state index is 13.3. The Morgan fingerprint density at radius 1 is 1.21 bits per heavy atom. The first-order valence-electron chi connectivity index (χ1n) is 6.44. The lowest BCUT2D eigenvalue weighted by atomic mass is 10.1. The van der Waals surface area contributed by atoms with Crippen molar-refractivity contribution in [2.75, 3.05) is 5.32 Å². The van der Waals surface area contributed by atoms with Gasteiger partial charge >= 0.3 is 0 Å². The van der Waals surface area contributed by atoms with Crippen LogP contribution in [0.25, 0.3) is 0 Å². The highest BCUT2D eigenvalue weighted by molar-refractivity contribution is 9.10. The number of rotatable bonds is 2. The van der Waals surface area contributed by atoms with E-state index in [0.29, 0.717) is 0 Å². The van der Waals surface area contributed by atoms with E-state index in [1.54, 1.807) is 6.07 Å². The zero-order valence-corrected chi connectivity index (χ0v) is 12.3. The molecule has 1 unspecified atom stereocenters. The van der Waals surface area contributed by atoms with Crippen molar-refractivity contribution in [2.24, 2.45) is 0 Å². The zero-order valence-electron chi connectivity index (χ0n) is 10.7. The van der Waals surface area contributed by atoms with Crippen LogP contribution in [0.15, 0.2) is 40.9 Å². The molecule has 0 bridgehead atoms. The van der Waals surface area contributed by atoms with Crippen LogP contribution < -0.4 is 5.32 Å². The van der Waals surface area contributed by atoms with E-state index in [2.05, 4.69) is 39.4 Å². The highest BCUT2D eigenvalue weighted by Gasteiger charge is 2.22. The van der Waals surface area contributed by atoms with E-state index in [4.69, 9.17) is 0 Å². The molecule has 1 aliphatic carbocycles. The number of hydrogen-bond donors (Lipinski definition) is 1. The van der Waals surface area contributed by atoms with Crippen molar-refractivity contribution in [3.05, 3.63) is 63.4 Å². The van der Waals surface area contributed by atoms with E-state index in [1.165, 1.54) is 17.2 Å². The number of halogens is 2. The summed E-state index contributed by atoms with van der Waals surface area (Å²) >= 11 is 3.50. The molecule has 0 fully saturated rings. The topological polar surface area (TPSA) is 12.0 Å². The van der Waals surface area contributed by atoms with Gasteiger partial charge in [0.2, 0.25) is 0 Å². The third kappa shape index (κ3) is 2.52. The lowest BCUT2D eigenvalue weighted by molar-refractivity contribution is 0.627. The molecule has 3 rings (SSSR count). The average molecular weight is 320 g/mol. The van der Waals surface area contributed by atoms with Crippen molar-refractivity contribution in [3.63, 3.8) is 0 Å². The van der Waals surface area contributed by atoms with Crippen LogP contribution in [0.1, 0.15) is 29.2 Å². The Kier molecular flexibility index (Phi) is 3.31. The molecule has 0 amide bonds. The molecule has 98 valence electrons. The van der Waals surface area contributed by atoms with Gasteiger partial charge in [-0.3, -0.25) is 0 Å². The summed E-state index contributed by atoms with van der Waals surface area (Å²) < 4.78 is 14.4. The molecular weight excluding hydrogens is 305 g/mol. The van der Waals surface area contributed by atoms with Gasteiger partial charge in [0.05, 0.1) is 6.04 Å². The summed E-state index contributed by atoms with van der Waals surface area (Å²) in [5.74, 6) is -0.192. The van der Waals surface area contributed by atoms with E-state index in [9.17, 15) is 4.39 Å². The molecule has 1 aliphatic rings. The predicted octanol–water partition coefficient (Wildman–Crippen LogP) is 5.00. The van der Waals surface area contributed by atoms with Crippen molar-refractivity contribution in [3.8, 4) is 0 Å². The lowest BCUT2D eigenvalue weighted by Gasteiger charge is -2.17. The smallest absolute Gasteiger partial charge is 0.125 e. The van der Waals surface area contributed by atoms with Crippen LogP contribution in [0.3, 0.4) is 0 Å². The fourth-order valence-electron chi connectivity index (χ4n) is 2.67. The van der Waals surface area contributed by atoms with E-state index >= 15 is 0 Å². The minimum Gasteiger partial charge on any atom is -0.378 e. The fraction of sp³-hybridized carbons (Fsp3) is 0.250. The number of fused-ring (bicyclic) bond motifs is 1. The van der Waals surface area contributed by atoms with Crippen molar-refractivity contribution in [2.45, 2.75) is 25.8 Å². The van der Waals surface area contributed by atoms with Gasteiger partial charge in [-0.05, 0) is 60.7 Å². The van der Waals surface area contributed by atoms with E-state index in [-0.39, 0.29) is 11.9 Å². The van der Waals surface area contributed by atoms with E-state index in [1.807, 2.05) is 13.0 Å². The molecule has 1 nitrogen and oxygen atoms in total. The maximum atomic E-state index is 13.3. The fourth-order valence-corrected chi connectivity index (χ4v) is 3.08. The van der Waals surface area contributed by atoms with Crippen LogP contribution in [0.2, 0.25) is 0 Å². The third-order valence-corrected chi connectivity index (χ3v) is 4.21. The molecule has 0 heterocycles. The van der Waals surface area contributed by atoms with Gasteiger partial charge < -0.3 is 5.32 Å². The van der Waals surface area contributed by atoms with E-state index in [0.717, 1.165) is 28.6 Å². The summed E-state index contributed by atoms with van der Waals surface area (Å²) in [5.41, 5.74) is 4.67. The lowest BCUT2D eigenvalue weighted by Crippen LogP contribution is -2.08. The number of aryl methyl sites for hydroxylation is 2. The second-order valence-electron chi connectivity index (χ2n) is 5.04. The molecule has 0 aliphatic heterocycles. The summed E-state index contributed by atoms with van der Waals surface area (Å²) in [6.07, 6.45) is 2.13. The zero-order chi connectivity index (χ0) is 13.4. The summed E-state index contributed by atoms with van der Waals surface area (Å²) in [6.45, 7) is 2.00. The average Bonchev–Trinajstić information content (AvgIpc) is 2.76. The molecule has 19 heavy (non-hydrogen) atoms. The molecule has 2 aromatic carbocycles. The normalized spacial score (nSPS) is 17.3. The highest BCUT2D eigenvalue weighted by Crippen LogP contribution is 2.36. The summed E-state index contributed by atoms with van der Waals surface area (Å²) in [5, 5.41) is 3.47. The van der Waals surface area contributed by atoms with Gasteiger partial charge in [-0.25, -0.2) is 4.39 Å². The van der Waals surface area contributed by atoms with Gasteiger partial charge in [0.15, 0.2) is 0 Å². The molecule has 0 radical (unpaired) electrons. The Morgan fingerprint density at radius 2 is 2.05 bits per heavy atom. The number of hydrogen-bond acceptors (Lipinski definition) is 1. The first-order chi connectivity index (χ1) is 9.13. The Labute approximate surface area is 121 Å². The van der Waals surface area contributed by atoms with Crippen LogP contribution in [-0.2, 0) is 6.42 Å². The SMILES string of the molecule is Cc1ccc(F)cc1NC1CCc2cc(Br)ccc21. The van der Waals surface area contributed by atoms with Gasteiger partial charge in [-0.15, -0.1) is 0 Å². The molecular formula is C16H15BrFN. The quantitative estimate of drug-likeness (QED) is 0.821. The standard InChI is InChI=1S/C16H15BrFN/c1-10-2-5-13(18)9-16(10)19-15-7-3-11-8-12(17)4-6-14(11)15/h2,4-6,8-9,15,19H,3,7H2,1H3. The molecule has 0 aromatic heterocycles. The van der Waals surface area contributed by atoms with Crippen LogP contribution in [0, 0.1) is 12.7 Å². The number of anilines is 1. The summed E-state index contributed by atoms with van der Waals surface area (Å²) in [6, 6.07) is 11.6. The van der Waals surface area contributed by atoms with Gasteiger partial charge in [0.1, 0.15) is 5.82 Å². The Hall–Kier alpha value is -1.35. The monoisotopic (exact) mass is 319 g/mol. The first-order valence-corrected chi connectivity index (χ1v) is 7.24. The molecule has 2 aromatic rings. The third-order valence-electron chi connectivity index (χ3n) is 3.71. The van der Waals surface area contributed by atoms with Gasteiger partial charge in [-0.2, -0.15) is 0 Å². The number of benzene rings is 2. The molecule has 0 saturated carbocycles. The van der Waals surface area contributed by atoms with Gasteiger partial charge in [0, 0.05) is 10.2 Å². The highest BCUT2D eigenvalue weighted by atomic mass is 79.9. The van der Waals surface area contributed by atoms with Crippen molar-refractivity contribution < 1.29 is 4.39 Å². The minimum absolute atomic E-state index is 0.192. The summed E-state index contributed by atoms with van der Waals surface area (Å²) in [7, 11) is 0.